The molecule has 2 saturated heterocycles. The van der Waals surface area contributed by atoms with Gasteiger partial charge in [-0.1, -0.05) is 24.3 Å². The Morgan fingerprint density at radius 3 is 2.81 bits per heavy atom. The van der Waals surface area contributed by atoms with Crippen LogP contribution in [0.15, 0.2) is 24.3 Å². The van der Waals surface area contributed by atoms with Gasteiger partial charge in [0.15, 0.2) is 0 Å². The lowest BCUT2D eigenvalue weighted by Crippen LogP contribution is -2.56. The van der Waals surface area contributed by atoms with Crippen molar-refractivity contribution in [1.82, 2.24) is 4.90 Å². The summed E-state index contributed by atoms with van der Waals surface area (Å²) >= 11 is 0. The Labute approximate surface area is 126 Å². The summed E-state index contributed by atoms with van der Waals surface area (Å²) in [5.74, 6) is 0. The first-order valence-corrected chi connectivity index (χ1v) is 8.13. The van der Waals surface area contributed by atoms with Crippen molar-refractivity contribution in [2.45, 2.75) is 50.2 Å². The normalized spacial score (nSPS) is 38.8. The van der Waals surface area contributed by atoms with Crippen LogP contribution in [0.25, 0.3) is 0 Å². The van der Waals surface area contributed by atoms with E-state index in [4.69, 9.17) is 0 Å². The van der Waals surface area contributed by atoms with Crippen LogP contribution in [0.5, 0.6) is 0 Å². The molecule has 0 radical (unpaired) electrons. The summed E-state index contributed by atoms with van der Waals surface area (Å²) in [6, 6.07) is 11.2. The molecule has 1 aromatic carbocycles. The molecule has 0 spiro atoms. The summed E-state index contributed by atoms with van der Waals surface area (Å²) in [5, 5.41) is 21.5. The Morgan fingerprint density at radius 1 is 1.19 bits per heavy atom. The molecule has 1 aliphatic carbocycles. The Hall–Kier alpha value is -1.37. The summed E-state index contributed by atoms with van der Waals surface area (Å²) < 4.78 is 0. The molecule has 3 heteroatoms. The number of benzene rings is 1. The highest BCUT2D eigenvalue weighted by Gasteiger charge is 2.61. The van der Waals surface area contributed by atoms with Crippen LogP contribution >= 0.6 is 0 Å². The SMILES string of the molecule is N#CC1(C2(O)CCN3CCCC32)CCc2ccccc2C1. The number of fused-ring (bicyclic) bond motifs is 2. The van der Waals surface area contributed by atoms with E-state index in [9.17, 15) is 10.4 Å². The van der Waals surface area contributed by atoms with Crippen molar-refractivity contribution in [3.63, 3.8) is 0 Å². The van der Waals surface area contributed by atoms with Crippen molar-refractivity contribution in [1.29, 1.82) is 5.26 Å². The van der Waals surface area contributed by atoms with E-state index in [-0.39, 0.29) is 6.04 Å². The molecule has 2 heterocycles. The summed E-state index contributed by atoms with van der Waals surface area (Å²) in [4.78, 5) is 2.40. The molecule has 3 nitrogen and oxygen atoms in total. The number of rotatable bonds is 1. The highest BCUT2D eigenvalue weighted by atomic mass is 16.3. The highest BCUT2D eigenvalue weighted by Crippen LogP contribution is 2.52. The molecule has 110 valence electrons. The topological polar surface area (TPSA) is 47.3 Å². The molecule has 2 aliphatic heterocycles. The van der Waals surface area contributed by atoms with E-state index in [1.54, 1.807) is 0 Å². The minimum Gasteiger partial charge on any atom is -0.387 e. The fourth-order valence-electron chi connectivity index (χ4n) is 4.97. The van der Waals surface area contributed by atoms with E-state index >= 15 is 0 Å². The van der Waals surface area contributed by atoms with Gasteiger partial charge in [0.05, 0.1) is 11.5 Å². The quantitative estimate of drug-likeness (QED) is 0.859. The zero-order valence-electron chi connectivity index (χ0n) is 12.4. The smallest absolute Gasteiger partial charge is 0.100 e. The van der Waals surface area contributed by atoms with Crippen LogP contribution in [0.1, 0.15) is 36.8 Å². The van der Waals surface area contributed by atoms with Crippen LogP contribution in [0.4, 0.5) is 0 Å². The molecule has 3 aliphatic rings. The lowest BCUT2D eigenvalue weighted by Gasteiger charge is -2.46. The number of nitriles is 1. The molecule has 0 bridgehead atoms. The first kappa shape index (κ1) is 13.3. The van der Waals surface area contributed by atoms with Gasteiger partial charge in [0.1, 0.15) is 5.60 Å². The third kappa shape index (κ3) is 1.73. The average molecular weight is 282 g/mol. The Balaban J connectivity index is 1.74. The minimum absolute atomic E-state index is 0.197. The molecule has 21 heavy (non-hydrogen) atoms. The van der Waals surface area contributed by atoms with E-state index in [0.29, 0.717) is 6.42 Å². The average Bonchev–Trinajstić information content (AvgIpc) is 3.12. The summed E-state index contributed by atoms with van der Waals surface area (Å²) in [5.41, 5.74) is 1.18. The lowest BCUT2D eigenvalue weighted by atomic mass is 9.60. The third-order valence-electron chi connectivity index (χ3n) is 6.17. The zero-order chi connectivity index (χ0) is 14.5. The van der Waals surface area contributed by atoms with E-state index < -0.39 is 11.0 Å². The molecule has 1 aromatic rings. The van der Waals surface area contributed by atoms with Gasteiger partial charge >= 0.3 is 0 Å². The van der Waals surface area contributed by atoms with E-state index in [1.165, 1.54) is 11.1 Å². The van der Waals surface area contributed by atoms with Gasteiger partial charge in [-0.25, -0.2) is 0 Å². The fourth-order valence-corrected chi connectivity index (χ4v) is 4.97. The van der Waals surface area contributed by atoms with Crippen LogP contribution < -0.4 is 0 Å². The Bertz CT molecular complexity index is 607. The standard InChI is InChI=1S/C18H22N2O/c19-13-17(8-7-14-4-1-2-5-15(14)12-17)18(21)9-11-20-10-3-6-16(18)20/h1-2,4-5,16,21H,3,6-12H2. The number of aliphatic hydroxyl groups is 1. The van der Waals surface area contributed by atoms with Crippen molar-refractivity contribution >= 4 is 0 Å². The van der Waals surface area contributed by atoms with Crippen LogP contribution in [-0.4, -0.2) is 34.7 Å². The van der Waals surface area contributed by atoms with Gasteiger partial charge in [-0.15, -0.1) is 0 Å². The summed E-state index contributed by atoms with van der Waals surface area (Å²) in [6.45, 7) is 2.04. The van der Waals surface area contributed by atoms with Crippen molar-refractivity contribution in [3.05, 3.63) is 35.4 Å². The minimum atomic E-state index is -0.828. The molecule has 2 fully saturated rings. The number of nitrogens with zero attached hydrogens (tertiary/aromatic N) is 2. The molecule has 3 atom stereocenters. The highest BCUT2D eigenvalue weighted by molar-refractivity contribution is 5.36. The predicted molar refractivity (Wildman–Crippen MR) is 80.7 cm³/mol. The van der Waals surface area contributed by atoms with Gasteiger partial charge in [-0.05, 0) is 56.2 Å². The first-order valence-electron chi connectivity index (χ1n) is 8.13. The van der Waals surface area contributed by atoms with Gasteiger partial charge in [0.2, 0.25) is 0 Å². The maximum absolute atomic E-state index is 11.5. The monoisotopic (exact) mass is 282 g/mol. The second-order valence-corrected chi connectivity index (χ2v) is 7.01. The van der Waals surface area contributed by atoms with Gasteiger partial charge in [0.25, 0.3) is 0 Å². The predicted octanol–water partition coefficient (Wildman–Crippen LogP) is 2.28. The van der Waals surface area contributed by atoms with Crippen LogP contribution in [-0.2, 0) is 12.8 Å². The second-order valence-electron chi connectivity index (χ2n) is 7.01. The maximum atomic E-state index is 11.5. The van der Waals surface area contributed by atoms with Crippen LogP contribution in [0, 0.1) is 16.7 Å². The van der Waals surface area contributed by atoms with Crippen molar-refractivity contribution in [3.8, 4) is 6.07 Å². The largest absolute Gasteiger partial charge is 0.387 e. The van der Waals surface area contributed by atoms with Crippen LogP contribution in [0.2, 0.25) is 0 Å². The Morgan fingerprint density at radius 2 is 2.00 bits per heavy atom. The van der Waals surface area contributed by atoms with Crippen molar-refractivity contribution in [2.24, 2.45) is 5.41 Å². The molecule has 1 N–H and O–H groups in total. The first-order chi connectivity index (χ1) is 10.2. The van der Waals surface area contributed by atoms with E-state index in [2.05, 4.69) is 29.2 Å². The number of aryl methyl sites for hydroxylation is 1. The van der Waals surface area contributed by atoms with E-state index in [0.717, 1.165) is 45.2 Å². The molecule has 4 rings (SSSR count). The molecular weight excluding hydrogens is 260 g/mol. The molecule has 0 aromatic heterocycles. The lowest BCUT2D eigenvalue weighted by molar-refractivity contribution is -0.0799. The fraction of sp³-hybridized carbons (Fsp3) is 0.611. The van der Waals surface area contributed by atoms with Gasteiger partial charge < -0.3 is 5.11 Å². The molecule has 3 unspecified atom stereocenters. The summed E-state index contributed by atoms with van der Waals surface area (Å²) in [6.07, 6.45) is 5.38. The number of hydrogen-bond donors (Lipinski definition) is 1. The van der Waals surface area contributed by atoms with Gasteiger partial charge in [-0.3, -0.25) is 4.90 Å². The zero-order valence-corrected chi connectivity index (χ0v) is 12.4. The Kier molecular flexibility index (Phi) is 2.89. The van der Waals surface area contributed by atoms with Crippen molar-refractivity contribution in [2.75, 3.05) is 13.1 Å². The third-order valence-corrected chi connectivity index (χ3v) is 6.17. The van der Waals surface area contributed by atoms with Gasteiger partial charge in [0, 0.05) is 12.6 Å². The second kappa shape index (κ2) is 4.56. The van der Waals surface area contributed by atoms with E-state index in [1.807, 2.05) is 6.07 Å². The molecule has 0 amide bonds. The van der Waals surface area contributed by atoms with Crippen molar-refractivity contribution < 1.29 is 5.11 Å². The molecular formula is C18H22N2O. The van der Waals surface area contributed by atoms with Gasteiger partial charge in [-0.2, -0.15) is 5.26 Å². The summed E-state index contributed by atoms with van der Waals surface area (Å²) in [7, 11) is 0. The maximum Gasteiger partial charge on any atom is 0.100 e. The number of hydrogen-bond acceptors (Lipinski definition) is 3. The van der Waals surface area contributed by atoms with Crippen LogP contribution in [0.3, 0.4) is 0 Å². The molecule has 0 saturated carbocycles.